The number of morpholine rings is 1. The Morgan fingerprint density at radius 3 is 2.59 bits per heavy atom. The fourth-order valence-electron chi connectivity index (χ4n) is 5.57. The Kier molecular flexibility index (Phi) is 4.50. The van der Waals surface area contributed by atoms with Crippen LogP contribution in [0.15, 0.2) is 18.2 Å². The van der Waals surface area contributed by atoms with E-state index < -0.39 is 5.41 Å². The van der Waals surface area contributed by atoms with E-state index in [0.717, 1.165) is 62.1 Å². The third-order valence-corrected chi connectivity index (χ3v) is 6.95. The SMILES string of the molecule is O=C(N1CCOC2CCCCC21)C1(c2ccc3c(c2)OCCO3)CCCC1. The van der Waals surface area contributed by atoms with Gasteiger partial charge in [0.1, 0.15) is 13.2 Å². The zero-order valence-corrected chi connectivity index (χ0v) is 16.0. The molecule has 1 aromatic rings. The van der Waals surface area contributed by atoms with Gasteiger partial charge in [-0.1, -0.05) is 31.7 Å². The van der Waals surface area contributed by atoms with Crippen molar-refractivity contribution in [1.29, 1.82) is 0 Å². The maximum absolute atomic E-state index is 13.9. The number of fused-ring (bicyclic) bond motifs is 2. The molecule has 1 amide bonds. The quantitative estimate of drug-likeness (QED) is 0.799. The second-order valence-electron chi connectivity index (χ2n) is 8.41. The maximum atomic E-state index is 13.9. The van der Waals surface area contributed by atoms with Crippen LogP contribution in [0.4, 0.5) is 0 Å². The summed E-state index contributed by atoms with van der Waals surface area (Å²) in [4.78, 5) is 16.1. The van der Waals surface area contributed by atoms with E-state index in [4.69, 9.17) is 14.2 Å². The van der Waals surface area contributed by atoms with Crippen molar-refractivity contribution in [3.8, 4) is 11.5 Å². The number of rotatable bonds is 2. The van der Waals surface area contributed by atoms with Crippen LogP contribution in [0.25, 0.3) is 0 Å². The lowest BCUT2D eigenvalue weighted by atomic mass is 9.76. The minimum absolute atomic E-state index is 0.232. The van der Waals surface area contributed by atoms with Crippen molar-refractivity contribution in [3.05, 3.63) is 23.8 Å². The van der Waals surface area contributed by atoms with E-state index in [1.165, 1.54) is 12.8 Å². The summed E-state index contributed by atoms with van der Waals surface area (Å²) in [6.07, 6.45) is 8.90. The van der Waals surface area contributed by atoms with Gasteiger partial charge < -0.3 is 19.1 Å². The Labute approximate surface area is 161 Å². The summed E-state index contributed by atoms with van der Waals surface area (Å²) in [5.41, 5.74) is 0.697. The van der Waals surface area contributed by atoms with Gasteiger partial charge in [0.15, 0.2) is 11.5 Å². The Bertz CT molecular complexity index is 710. The van der Waals surface area contributed by atoms with E-state index in [1.54, 1.807) is 0 Å². The highest BCUT2D eigenvalue weighted by atomic mass is 16.6. The lowest BCUT2D eigenvalue weighted by Gasteiger charge is -2.47. The number of carbonyl (C=O) groups is 1. The normalized spacial score (nSPS) is 29.3. The van der Waals surface area contributed by atoms with Gasteiger partial charge in [-0.3, -0.25) is 4.79 Å². The van der Waals surface area contributed by atoms with Gasteiger partial charge in [0, 0.05) is 6.54 Å². The maximum Gasteiger partial charge on any atom is 0.233 e. The summed E-state index contributed by atoms with van der Waals surface area (Å²) in [7, 11) is 0. The molecule has 2 aliphatic heterocycles. The Hall–Kier alpha value is -1.75. The first-order chi connectivity index (χ1) is 13.3. The molecule has 3 fully saturated rings. The molecule has 4 aliphatic rings. The first kappa shape index (κ1) is 17.4. The lowest BCUT2D eigenvalue weighted by Crippen LogP contribution is -2.59. The average Bonchev–Trinajstić information content (AvgIpc) is 3.23. The topological polar surface area (TPSA) is 48.0 Å². The number of hydrogen-bond donors (Lipinski definition) is 0. The van der Waals surface area contributed by atoms with Crippen LogP contribution in [-0.4, -0.2) is 49.3 Å². The first-order valence-electron chi connectivity index (χ1n) is 10.6. The zero-order valence-electron chi connectivity index (χ0n) is 16.0. The molecule has 2 aliphatic carbocycles. The molecule has 5 nitrogen and oxygen atoms in total. The predicted molar refractivity (Wildman–Crippen MR) is 101 cm³/mol. The van der Waals surface area contributed by atoms with Gasteiger partial charge in [0.2, 0.25) is 5.91 Å². The van der Waals surface area contributed by atoms with Crippen molar-refractivity contribution < 1.29 is 19.0 Å². The lowest BCUT2D eigenvalue weighted by molar-refractivity contribution is -0.155. The second kappa shape index (κ2) is 7.01. The molecule has 0 aromatic heterocycles. The van der Waals surface area contributed by atoms with Crippen LogP contribution in [0.3, 0.4) is 0 Å². The number of hydrogen-bond acceptors (Lipinski definition) is 4. The third kappa shape index (κ3) is 2.91. The van der Waals surface area contributed by atoms with Crippen LogP contribution in [0, 0.1) is 0 Å². The Morgan fingerprint density at radius 1 is 0.963 bits per heavy atom. The first-order valence-corrected chi connectivity index (χ1v) is 10.6. The largest absolute Gasteiger partial charge is 0.486 e. The van der Waals surface area contributed by atoms with E-state index >= 15 is 0 Å². The number of carbonyl (C=O) groups excluding carboxylic acids is 1. The summed E-state index contributed by atoms with van der Waals surface area (Å²) >= 11 is 0. The predicted octanol–water partition coefficient (Wildman–Crippen LogP) is 3.44. The van der Waals surface area contributed by atoms with Crippen molar-refractivity contribution >= 4 is 5.91 Å². The smallest absolute Gasteiger partial charge is 0.233 e. The summed E-state index contributed by atoms with van der Waals surface area (Å²) in [5, 5.41) is 0. The monoisotopic (exact) mass is 371 g/mol. The molecule has 2 saturated carbocycles. The summed E-state index contributed by atoms with van der Waals surface area (Å²) < 4.78 is 17.5. The molecule has 2 unspecified atom stereocenters. The van der Waals surface area contributed by atoms with Gasteiger partial charge in [0.05, 0.1) is 24.2 Å². The Morgan fingerprint density at radius 2 is 1.74 bits per heavy atom. The standard InChI is InChI=1S/C22H29NO4/c24-21(23-11-12-25-18-6-2-1-5-17(18)23)22(9-3-4-10-22)16-7-8-19-20(15-16)27-14-13-26-19/h7-8,15,17-18H,1-6,9-14H2. The molecule has 2 heterocycles. The fraction of sp³-hybridized carbons (Fsp3) is 0.682. The highest BCUT2D eigenvalue weighted by Gasteiger charge is 2.48. The molecule has 1 saturated heterocycles. The molecule has 1 aromatic carbocycles. The number of nitrogens with zero attached hydrogens (tertiary/aromatic N) is 1. The molecule has 0 N–H and O–H groups in total. The van der Waals surface area contributed by atoms with E-state index in [2.05, 4.69) is 17.0 Å². The summed E-state index contributed by atoms with van der Waals surface area (Å²) in [6.45, 7) is 2.56. The van der Waals surface area contributed by atoms with Crippen LogP contribution in [-0.2, 0) is 14.9 Å². The van der Waals surface area contributed by atoms with Gasteiger partial charge in [-0.05, 0) is 43.4 Å². The van der Waals surface area contributed by atoms with Crippen LogP contribution < -0.4 is 9.47 Å². The average molecular weight is 371 g/mol. The fourth-order valence-corrected chi connectivity index (χ4v) is 5.57. The number of benzene rings is 1. The molecule has 0 radical (unpaired) electrons. The molecule has 0 spiro atoms. The van der Waals surface area contributed by atoms with Crippen molar-refractivity contribution in [1.82, 2.24) is 4.90 Å². The van der Waals surface area contributed by atoms with Gasteiger partial charge >= 0.3 is 0 Å². The molecule has 2 atom stereocenters. The minimum Gasteiger partial charge on any atom is -0.486 e. The van der Waals surface area contributed by atoms with Crippen molar-refractivity contribution in [3.63, 3.8) is 0 Å². The second-order valence-corrected chi connectivity index (χ2v) is 8.41. The van der Waals surface area contributed by atoms with Crippen LogP contribution in [0.1, 0.15) is 56.9 Å². The van der Waals surface area contributed by atoms with Crippen LogP contribution in [0.5, 0.6) is 11.5 Å². The van der Waals surface area contributed by atoms with Crippen molar-refractivity contribution in [2.24, 2.45) is 0 Å². The van der Waals surface area contributed by atoms with E-state index in [1.807, 2.05) is 6.07 Å². The Balaban J connectivity index is 1.48. The van der Waals surface area contributed by atoms with Gasteiger partial charge in [0.25, 0.3) is 0 Å². The highest BCUT2D eigenvalue weighted by Crippen LogP contribution is 2.46. The summed E-state index contributed by atoms with van der Waals surface area (Å²) in [6, 6.07) is 6.40. The molecular weight excluding hydrogens is 342 g/mol. The summed E-state index contributed by atoms with van der Waals surface area (Å²) in [5.74, 6) is 1.90. The molecule has 5 rings (SSSR count). The van der Waals surface area contributed by atoms with Crippen molar-refractivity contribution in [2.45, 2.75) is 68.9 Å². The van der Waals surface area contributed by atoms with Gasteiger partial charge in [-0.25, -0.2) is 0 Å². The number of ether oxygens (including phenoxy) is 3. The van der Waals surface area contributed by atoms with E-state index in [9.17, 15) is 4.79 Å². The number of amides is 1. The van der Waals surface area contributed by atoms with Crippen LogP contribution in [0.2, 0.25) is 0 Å². The molecule has 146 valence electrons. The van der Waals surface area contributed by atoms with E-state index in [0.29, 0.717) is 25.7 Å². The van der Waals surface area contributed by atoms with E-state index in [-0.39, 0.29) is 12.1 Å². The highest BCUT2D eigenvalue weighted by molar-refractivity contribution is 5.89. The van der Waals surface area contributed by atoms with Crippen molar-refractivity contribution in [2.75, 3.05) is 26.4 Å². The van der Waals surface area contributed by atoms with Gasteiger partial charge in [-0.15, -0.1) is 0 Å². The molecular formula is C22H29NO4. The molecule has 27 heavy (non-hydrogen) atoms. The third-order valence-electron chi connectivity index (χ3n) is 6.95. The van der Waals surface area contributed by atoms with Gasteiger partial charge in [-0.2, -0.15) is 0 Å². The van der Waals surface area contributed by atoms with Crippen LogP contribution >= 0.6 is 0 Å². The minimum atomic E-state index is -0.408. The molecule has 0 bridgehead atoms. The zero-order chi connectivity index (χ0) is 18.3. The molecule has 5 heteroatoms.